The molecule has 2 aliphatic rings. The predicted molar refractivity (Wildman–Crippen MR) is 112 cm³/mol. The Balaban J connectivity index is 1.40. The summed E-state index contributed by atoms with van der Waals surface area (Å²) in [5.41, 5.74) is 2.74. The second kappa shape index (κ2) is 7.03. The summed E-state index contributed by atoms with van der Waals surface area (Å²) in [4.78, 5) is 31.7. The molecule has 1 aromatic heterocycles. The molecule has 9 heteroatoms. The van der Waals surface area contributed by atoms with Gasteiger partial charge in [0.1, 0.15) is 5.75 Å². The molecule has 0 saturated carbocycles. The molecule has 3 heterocycles. The maximum atomic E-state index is 12.6. The highest BCUT2D eigenvalue weighted by molar-refractivity contribution is 7.16. The lowest BCUT2D eigenvalue weighted by Gasteiger charge is -2.26. The molecule has 3 aromatic rings. The van der Waals surface area contributed by atoms with Crippen molar-refractivity contribution in [2.75, 3.05) is 30.7 Å². The van der Waals surface area contributed by atoms with Gasteiger partial charge >= 0.3 is 0 Å². The number of nitrogens with one attached hydrogen (secondary N) is 1. The van der Waals surface area contributed by atoms with Gasteiger partial charge in [-0.3, -0.25) is 14.9 Å². The van der Waals surface area contributed by atoms with Gasteiger partial charge < -0.3 is 19.1 Å². The maximum Gasteiger partial charge on any atom is 0.264 e. The van der Waals surface area contributed by atoms with Crippen molar-refractivity contribution in [3.63, 3.8) is 0 Å². The quantitative estimate of drug-likeness (QED) is 0.694. The summed E-state index contributed by atoms with van der Waals surface area (Å²) in [6.45, 7) is 2.13. The largest absolute Gasteiger partial charge is 0.482 e. The van der Waals surface area contributed by atoms with Crippen molar-refractivity contribution >= 4 is 34.0 Å². The zero-order chi connectivity index (χ0) is 20.8. The maximum absolute atomic E-state index is 12.6. The SMILES string of the molecule is Cc1sc(NC(=O)c2ccc3c(c2)OCO3)nc1-c1ccc2c(c1)N(C)C(=O)CO2. The Morgan fingerprint density at radius 1 is 1.10 bits per heavy atom. The van der Waals surface area contributed by atoms with Crippen LogP contribution in [0.2, 0.25) is 0 Å². The first-order valence-electron chi connectivity index (χ1n) is 9.22. The van der Waals surface area contributed by atoms with E-state index in [2.05, 4.69) is 10.3 Å². The van der Waals surface area contributed by atoms with Crippen molar-refractivity contribution in [1.82, 2.24) is 4.98 Å². The number of likely N-dealkylation sites (N-methyl/N-ethyl adjacent to an activating group) is 1. The number of thiazole rings is 1. The van der Waals surface area contributed by atoms with E-state index in [4.69, 9.17) is 14.2 Å². The van der Waals surface area contributed by atoms with Crippen LogP contribution in [0.3, 0.4) is 0 Å². The molecule has 0 unspecified atom stereocenters. The first kappa shape index (κ1) is 18.4. The normalized spacial score (nSPS) is 14.3. The molecule has 1 N–H and O–H groups in total. The van der Waals surface area contributed by atoms with E-state index in [0.29, 0.717) is 33.6 Å². The molecular formula is C21H17N3O5S. The summed E-state index contributed by atoms with van der Waals surface area (Å²) < 4.78 is 16.1. The van der Waals surface area contributed by atoms with Crippen molar-refractivity contribution in [2.45, 2.75) is 6.92 Å². The number of carbonyl (C=O) groups is 2. The smallest absolute Gasteiger partial charge is 0.264 e. The van der Waals surface area contributed by atoms with Gasteiger partial charge in [0.05, 0.1) is 11.4 Å². The summed E-state index contributed by atoms with van der Waals surface area (Å²) in [5.74, 6) is 1.45. The van der Waals surface area contributed by atoms with E-state index >= 15 is 0 Å². The second-order valence-corrected chi connectivity index (χ2v) is 8.07. The van der Waals surface area contributed by atoms with Crippen LogP contribution in [0.4, 0.5) is 10.8 Å². The average molecular weight is 423 g/mol. The molecular weight excluding hydrogens is 406 g/mol. The third-order valence-corrected chi connectivity index (χ3v) is 5.86. The summed E-state index contributed by atoms with van der Waals surface area (Å²) >= 11 is 1.39. The summed E-state index contributed by atoms with van der Waals surface area (Å²) in [6.07, 6.45) is 0. The van der Waals surface area contributed by atoms with E-state index in [1.807, 2.05) is 25.1 Å². The number of carbonyl (C=O) groups excluding carboxylic acids is 2. The molecule has 0 saturated heterocycles. The highest BCUT2D eigenvalue weighted by Gasteiger charge is 2.24. The van der Waals surface area contributed by atoms with E-state index < -0.39 is 0 Å². The Hall–Kier alpha value is -3.59. The van der Waals surface area contributed by atoms with E-state index in [9.17, 15) is 9.59 Å². The fourth-order valence-corrected chi connectivity index (χ4v) is 4.18. The van der Waals surface area contributed by atoms with Gasteiger partial charge in [-0.15, -0.1) is 11.3 Å². The van der Waals surface area contributed by atoms with Gasteiger partial charge in [-0.05, 0) is 43.3 Å². The van der Waals surface area contributed by atoms with Crippen LogP contribution in [-0.4, -0.2) is 37.2 Å². The molecule has 0 aliphatic carbocycles. The van der Waals surface area contributed by atoms with Gasteiger partial charge in [0.2, 0.25) is 6.79 Å². The van der Waals surface area contributed by atoms with E-state index in [1.54, 1.807) is 30.1 Å². The molecule has 0 fully saturated rings. The average Bonchev–Trinajstić information content (AvgIpc) is 3.36. The first-order valence-corrected chi connectivity index (χ1v) is 10.0. The zero-order valence-electron chi connectivity index (χ0n) is 16.2. The fourth-order valence-electron chi connectivity index (χ4n) is 3.34. The Morgan fingerprint density at radius 3 is 2.77 bits per heavy atom. The lowest BCUT2D eigenvalue weighted by molar-refractivity contribution is -0.120. The first-order chi connectivity index (χ1) is 14.5. The van der Waals surface area contributed by atoms with Gasteiger partial charge in [0, 0.05) is 23.1 Å². The number of benzene rings is 2. The van der Waals surface area contributed by atoms with Crippen molar-refractivity contribution in [3.8, 4) is 28.5 Å². The van der Waals surface area contributed by atoms with Gasteiger partial charge in [0.25, 0.3) is 11.8 Å². The topological polar surface area (TPSA) is 90.0 Å². The Bertz CT molecular complexity index is 1190. The highest BCUT2D eigenvalue weighted by atomic mass is 32.1. The Morgan fingerprint density at radius 2 is 1.90 bits per heavy atom. The van der Waals surface area contributed by atoms with Gasteiger partial charge in [-0.1, -0.05) is 0 Å². The zero-order valence-corrected chi connectivity index (χ0v) is 17.0. The monoisotopic (exact) mass is 423 g/mol. The van der Waals surface area contributed by atoms with Crippen LogP contribution in [0.5, 0.6) is 17.2 Å². The molecule has 2 amide bonds. The lowest BCUT2D eigenvalue weighted by atomic mass is 10.1. The molecule has 8 nitrogen and oxygen atoms in total. The molecule has 0 radical (unpaired) electrons. The van der Waals surface area contributed by atoms with E-state index in [0.717, 1.165) is 16.1 Å². The highest BCUT2D eigenvalue weighted by Crippen LogP contribution is 2.38. The van der Waals surface area contributed by atoms with Crippen LogP contribution in [0.15, 0.2) is 36.4 Å². The van der Waals surface area contributed by atoms with Crippen molar-refractivity contribution in [1.29, 1.82) is 0 Å². The summed E-state index contributed by atoms with van der Waals surface area (Å²) in [7, 11) is 1.72. The standard InChI is InChI=1S/C21H17N3O5S/c1-11-19(12-3-5-15-14(7-12)24(2)18(25)9-27-15)22-21(30-11)23-20(26)13-4-6-16-17(8-13)29-10-28-16/h3-8H,9-10H2,1-2H3,(H,22,23,26). The molecule has 2 aromatic carbocycles. The molecule has 0 spiro atoms. The summed E-state index contributed by atoms with van der Waals surface area (Å²) in [5, 5.41) is 3.33. The molecule has 30 heavy (non-hydrogen) atoms. The third-order valence-electron chi connectivity index (χ3n) is 4.97. The van der Waals surface area contributed by atoms with E-state index in [-0.39, 0.29) is 25.2 Å². The second-order valence-electron chi connectivity index (χ2n) is 6.87. The number of aryl methyl sites for hydroxylation is 1. The Labute approximate surface area is 176 Å². The van der Waals surface area contributed by atoms with Gasteiger partial charge in [-0.25, -0.2) is 4.98 Å². The number of hydrogen-bond donors (Lipinski definition) is 1. The van der Waals surface area contributed by atoms with Crippen LogP contribution in [-0.2, 0) is 4.79 Å². The van der Waals surface area contributed by atoms with E-state index in [1.165, 1.54) is 11.3 Å². The number of aromatic nitrogens is 1. The van der Waals surface area contributed by atoms with Crippen LogP contribution in [0, 0.1) is 6.92 Å². The van der Waals surface area contributed by atoms with Gasteiger partial charge in [0.15, 0.2) is 23.2 Å². The van der Waals surface area contributed by atoms with Crippen LogP contribution >= 0.6 is 11.3 Å². The number of nitrogens with zero attached hydrogens (tertiary/aromatic N) is 2. The minimum Gasteiger partial charge on any atom is -0.482 e. The van der Waals surface area contributed by atoms with Crippen molar-refractivity contribution in [2.24, 2.45) is 0 Å². The lowest BCUT2D eigenvalue weighted by Crippen LogP contribution is -2.35. The molecule has 152 valence electrons. The van der Waals surface area contributed by atoms with Crippen molar-refractivity contribution < 1.29 is 23.8 Å². The van der Waals surface area contributed by atoms with Crippen molar-refractivity contribution in [3.05, 3.63) is 46.8 Å². The number of amides is 2. The van der Waals surface area contributed by atoms with Crippen LogP contribution < -0.4 is 24.4 Å². The van der Waals surface area contributed by atoms with Gasteiger partial charge in [-0.2, -0.15) is 0 Å². The number of fused-ring (bicyclic) bond motifs is 2. The fraction of sp³-hybridized carbons (Fsp3) is 0.190. The molecule has 0 bridgehead atoms. The third kappa shape index (κ3) is 3.13. The van der Waals surface area contributed by atoms with Crippen LogP contribution in [0.25, 0.3) is 11.3 Å². The minimum atomic E-state index is -0.280. The number of rotatable bonds is 3. The number of anilines is 2. The van der Waals surface area contributed by atoms with Crippen LogP contribution in [0.1, 0.15) is 15.2 Å². The Kier molecular flexibility index (Phi) is 4.32. The summed E-state index contributed by atoms with van der Waals surface area (Å²) in [6, 6.07) is 10.6. The molecule has 5 rings (SSSR count). The molecule has 0 atom stereocenters. The predicted octanol–water partition coefficient (Wildman–Crippen LogP) is 3.45. The number of ether oxygens (including phenoxy) is 3. The molecule has 2 aliphatic heterocycles. The number of hydrogen-bond acceptors (Lipinski definition) is 7. The minimum absolute atomic E-state index is 0.0363.